The van der Waals surface area contributed by atoms with Crippen LogP contribution in [0, 0.1) is 0 Å². The van der Waals surface area contributed by atoms with E-state index < -0.39 is 61.5 Å². The molecule has 0 spiro atoms. The normalized spacial score (nSPS) is 21.3. The Hall–Kier alpha value is -1.89. The molecule has 8 unspecified atom stereocenters. The molecule has 356 valence electrons. The second-order valence-corrected chi connectivity index (χ2v) is 17.4. The molecule has 0 aromatic heterocycles. The molecule has 1 aliphatic heterocycles. The number of hydrogen-bond donors (Lipinski definition) is 7. The number of carbonyl (C=O) groups is 1. The zero-order valence-electron chi connectivity index (χ0n) is 38.8. The molecule has 10 heteroatoms. The van der Waals surface area contributed by atoms with Crippen molar-refractivity contribution in [3.8, 4) is 0 Å². The standard InChI is InChI=1S/C51H93NO9/c1-3-5-7-9-11-13-15-17-19-21-22-24-26-28-30-32-34-36-38-40-45(55)50(59)52-43(42-60-51-49(58)48(57)47(56)46(41-53)61-51)44(54)39-37-35-33-31-29-27-25-23-20-18-16-14-12-10-8-6-4-2/h20,22-24,29,31,37,39,43-49,51,53-58H,3-19,21,25-28,30,32-36,38,40-42H2,1-2H3,(H,52,59)/b23-20+,24-22-,31-29+,39-37+. The Kier molecular flexibility index (Phi) is 38.3. The number of aliphatic hydroxyl groups excluding tert-OH is 6. The van der Waals surface area contributed by atoms with Crippen molar-refractivity contribution < 1.29 is 44.9 Å². The maximum Gasteiger partial charge on any atom is 0.249 e. The third-order valence-corrected chi connectivity index (χ3v) is 11.7. The molecule has 1 saturated heterocycles. The highest BCUT2D eigenvalue weighted by atomic mass is 16.7. The molecule has 1 aliphatic rings. The maximum absolute atomic E-state index is 13.1. The van der Waals surface area contributed by atoms with Crippen molar-refractivity contribution in [2.75, 3.05) is 13.2 Å². The van der Waals surface area contributed by atoms with E-state index >= 15 is 0 Å². The molecule has 7 N–H and O–H groups in total. The van der Waals surface area contributed by atoms with Crippen molar-refractivity contribution in [3.05, 3.63) is 48.6 Å². The SMILES string of the molecule is CCCCCCCCC/C=C/CC/C=C/CC/C=C/C(O)C(COC1OC(CO)C(O)C(O)C1O)NC(=O)C(O)CCCCCCCC/C=C\CCCCCCCCCCC. The Morgan fingerprint density at radius 2 is 0.967 bits per heavy atom. The van der Waals surface area contributed by atoms with E-state index in [2.05, 4.69) is 55.6 Å². The minimum atomic E-state index is -1.62. The van der Waals surface area contributed by atoms with E-state index in [1.165, 1.54) is 122 Å². The monoisotopic (exact) mass is 864 g/mol. The summed E-state index contributed by atoms with van der Waals surface area (Å²) in [5.74, 6) is -0.636. The summed E-state index contributed by atoms with van der Waals surface area (Å²) in [5.41, 5.74) is 0. The molecule has 1 rings (SSSR count). The molecule has 1 amide bonds. The largest absolute Gasteiger partial charge is 0.394 e. The third kappa shape index (κ3) is 30.8. The van der Waals surface area contributed by atoms with Crippen molar-refractivity contribution in [1.82, 2.24) is 5.32 Å². The average Bonchev–Trinajstić information content (AvgIpc) is 3.26. The fraction of sp³-hybridized carbons (Fsp3) is 0.824. The minimum absolute atomic E-state index is 0.293. The quantitative estimate of drug-likeness (QED) is 0.0234. The molecule has 0 aromatic carbocycles. The molecule has 10 nitrogen and oxygen atoms in total. The fourth-order valence-corrected chi connectivity index (χ4v) is 7.60. The number of amides is 1. The van der Waals surface area contributed by atoms with Gasteiger partial charge in [-0.15, -0.1) is 0 Å². The Morgan fingerprint density at radius 1 is 0.557 bits per heavy atom. The number of ether oxygens (including phenoxy) is 2. The zero-order valence-corrected chi connectivity index (χ0v) is 38.8. The lowest BCUT2D eigenvalue weighted by Gasteiger charge is -2.40. The summed E-state index contributed by atoms with van der Waals surface area (Å²) in [7, 11) is 0. The van der Waals surface area contributed by atoms with Crippen LogP contribution in [0.5, 0.6) is 0 Å². The highest BCUT2D eigenvalue weighted by Crippen LogP contribution is 2.23. The molecule has 0 saturated carbocycles. The van der Waals surface area contributed by atoms with Gasteiger partial charge >= 0.3 is 0 Å². The lowest BCUT2D eigenvalue weighted by molar-refractivity contribution is -0.302. The molecular formula is C51H93NO9. The Balaban J connectivity index is 2.41. The maximum atomic E-state index is 13.1. The first-order valence-electron chi connectivity index (χ1n) is 25.0. The smallest absolute Gasteiger partial charge is 0.249 e. The zero-order chi connectivity index (χ0) is 44.6. The van der Waals surface area contributed by atoms with Gasteiger partial charge in [0.1, 0.15) is 30.5 Å². The van der Waals surface area contributed by atoms with Gasteiger partial charge in [-0.2, -0.15) is 0 Å². The van der Waals surface area contributed by atoms with E-state index in [0.717, 1.165) is 51.4 Å². The Labute approximate surface area is 372 Å². The van der Waals surface area contributed by atoms with Gasteiger partial charge in [-0.3, -0.25) is 4.79 Å². The van der Waals surface area contributed by atoms with Gasteiger partial charge in [0.25, 0.3) is 0 Å². The Morgan fingerprint density at radius 3 is 1.43 bits per heavy atom. The predicted molar refractivity (Wildman–Crippen MR) is 250 cm³/mol. The van der Waals surface area contributed by atoms with Crippen LogP contribution < -0.4 is 5.32 Å². The van der Waals surface area contributed by atoms with E-state index in [-0.39, 0.29) is 6.61 Å². The van der Waals surface area contributed by atoms with Crippen LogP contribution in [0.25, 0.3) is 0 Å². The molecule has 1 heterocycles. The molecule has 0 bridgehead atoms. The summed E-state index contributed by atoms with van der Waals surface area (Å²) in [6.07, 6.45) is 42.0. The first-order chi connectivity index (χ1) is 29.8. The first kappa shape index (κ1) is 57.1. The van der Waals surface area contributed by atoms with Crippen molar-refractivity contribution in [1.29, 1.82) is 0 Å². The van der Waals surface area contributed by atoms with E-state index in [1.807, 2.05) is 6.08 Å². The van der Waals surface area contributed by atoms with Crippen LogP contribution >= 0.6 is 0 Å². The highest BCUT2D eigenvalue weighted by molar-refractivity contribution is 5.80. The van der Waals surface area contributed by atoms with E-state index in [0.29, 0.717) is 19.3 Å². The van der Waals surface area contributed by atoms with Crippen LogP contribution in [0.2, 0.25) is 0 Å². The van der Waals surface area contributed by atoms with Crippen molar-refractivity contribution in [2.24, 2.45) is 0 Å². The number of nitrogens with one attached hydrogen (secondary N) is 1. The molecule has 0 aliphatic carbocycles. The van der Waals surface area contributed by atoms with E-state index in [4.69, 9.17) is 9.47 Å². The van der Waals surface area contributed by atoms with Crippen LogP contribution in [0.15, 0.2) is 48.6 Å². The molecule has 1 fully saturated rings. The van der Waals surface area contributed by atoms with Gasteiger partial charge in [-0.1, -0.05) is 184 Å². The molecule has 61 heavy (non-hydrogen) atoms. The van der Waals surface area contributed by atoms with Gasteiger partial charge in [0, 0.05) is 0 Å². The summed E-state index contributed by atoms with van der Waals surface area (Å²) in [4.78, 5) is 13.1. The number of aliphatic hydroxyl groups is 6. The second-order valence-electron chi connectivity index (χ2n) is 17.4. The van der Waals surface area contributed by atoms with Crippen molar-refractivity contribution in [3.63, 3.8) is 0 Å². The summed E-state index contributed by atoms with van der Waals surface area (Å²) >= 11 is 0. The average molecular weight is 864 g/mol. The summed E-state index contributed by atoms with van der Waals surface area (Å²) < 4.78 is 11.1. The van der Waals surface area contributed by atoms with E-state index in [9.17, 15) is 35.4 Å². The molecular weight excluding hydrogens is 771 g/mol. The lowest BCUT2D eigenvalue weighted by atomic mass is 9.99. The third-order valence-electron chi connectivity index (χ3n) is 11.7. The van der Waals surface area contributed by atoms with E-state index in [1.54, 1.807) is 6.08 Å². The number of carbonyl (C=O) groups excluding carboxylic acids is 1. The van der Waals surface area contributed by atoms with Gasteiger partial charge in [0.05, 0.1) is 25.4 Å². The van der Waals surface area contributed by atoms with Crippen LogP contribution in [0.4, 0.5) is 0 Å². The molecule has 0 aromatic rings. The summed E-state index contributed by atoms with van der Waals surface area (Å²) in [5, 5.41) is 64.7. The van der Waals surface area contributed by atoms with Gasteiger partial charge < -0.3 is 45.4 Å². The van der Waals surface area contributed by atoms with Crippen molar-refractivity contribution >= 4 is 5.91 Å². The number of allylic oxidation sites excluding steroid dienone is 7. The summed E-state index contributed by atoms with van der Waals surface area (Å²) in [6.45, 7) is 3.58. The second kappa shape index (κ2) is 40.9. The van der Waals surface area contributed by atoms with Gasteiger partial charge in [-0.05, 0) is 70.6 Å². The molecule has 8 atom stereocenters. The number of rotatable bonds is 41. The van der Waals surface area contributed by atoms with Crippen molar-refractivity contribution in [2.45, 2.75) is 255 Å². The first-order valence-corrected chi connectivity index (χ1v) is 25.0. The van der Waals surface area contributed by atoms with Gasteiger partial charge in [-0.25, -0.2) is 0 Å². The highest BCUT2D eigenvalue weighted by Gasteiger charge is 2.44. The van der Waals surface area contributed by atoms with Crippen LogP contribution in [-0.4, -0.2) is 98.7 Å². The van der Waals surface area contributed by atoms with Crippen LogP contribution in [-0.2, 0) is 14.3 Å². The van der Waals surface area contributed by atoms with Gasteiger partial charge in [0.15, 0.2) is 6.29 Å². The minimum Gasteiger partial charge on any atom is -0.394 e. The number of hydrogen-bond acceptors (Lipinski definition) is 9. The van der Waals surface area contributed by atoms with Crippen LogP contribution in [0.3, 0.4) is 0 Å². The Bertz CT molecular complexity index is 1110. The number of unbranched alkanes of at least 4 members (excludes halogenated alkanes) is 24. The van der Waals surface area contributed by atoms with Gasteiger partial charge in [0.2, 0.25) is 5.91 Å². The fourth-order valence-electron chi connectivity index (χ4n) is 7.60. The molecule has 0 radical (unpaired) electrons. The topological polar surface area (TPSA) is 169 Å². The van der Waals surface area contributed by atoms with Crippen LogP contribution in [0.1, 0.15) is 206 Å². The lowest BCUT2D eigenvalue weighted by Crippen LogP contribution is -2.60. The summed E-state index contributed by atoms with van der Waals surface area (Å²) in [6, 6.07) is -1.01. The predicted octanol–water partition coefficient (Wildman–Crippen LogP) is 9.98.